The van der Waals surface area contributed by atoms with Crippen LogP contribution in [-0.4, -0.2) is 15.0 Å². The van der Waals surface area contributed by atoms with Gasteiger partial charge in [0.15, 0.2) is 0 Å². The van der Waals surface area contributed by atoms with Crippen molar-refractivity contribution < 1.29 is 4.79 Å². The third-order valence-corrected chi connectivity index (χ3v) is 4.09. The first-order chi connectivity index (χ1) is 11.8. The van der Waals surface area contributed by atoms with Crippen molar-refractivity contribution in [3.63, 3.8) is 0 Å². The largest absolute Gasteiger partial charge is 0.346 e. The molecule has 2 aromatic rings. The first-order valence-electron chi connectivity index (χ1n) is 8.15. The number of nitrogens with one attached hydrogen (secondary N) is 1. The normalized spacial score (nSPS) is 12.3. The van der Waals surface area contributed by atoms with Gasteiger partial charge in [0.05, 0.1) is 11.6 Å². The summed E-state index contributed by atoms with van der Waals surface area (Å²) in [4.78, 5) is 35.9. The molecule has 1 aromatic carbocycles. The van der Waals surface area contributed by atoms with E-state index in [9.17, 15) is 14.4 Å². The Kier molecular flexibility index (Phi) is 5.75. The number of benzene rings is 1. The standard InChI is InChI=1S/C19H23N3O3/c1-5-16(14-8-6-13(2)7-9-14)20-17(23)11-10-15-12-21(3)19(25)22(4)18(15)24/h6-12,16H,5H2,1-4H3,(H,20,23)/b11-10+. The third kappa shape index (κ3) is 4.35. The predicted molar refractivity (Wildman–Crippen MR) is 98.3 cm³/mol. The van der Waals surface area contributed by atoms with E-state index in [0.717, 1.165) is 22.1 Å². The van der Waals surface area contributed by atoms with E-state index in [-0.39, 0.29) is 17.5 Å². The van der Waals surface area contributed by atoms with Crippen LogP contribution in [0.3, 0.4) is 0 Å². The molecule has 0 fully saturated rings. The average molecular weight is 341 g/mol. The Bertz CT molecular complexity index is 905. The van der Waals surface area contributed by atoms with Crippen molar-refractivity contribution in [2.24, 2.45) is 14.1 Å². The zero-order valence-electron chi connectivity index (χ0n) is 14.9. The fourth-order valence-corrected chi connectivity index (χ4v) is 2.56. The van der Waals surface area contributed by atoms with Gasteiger partial charge in [0, 0.05) is 26.4 Å². The quantitative estimate of drug-likeness (QED) is 0.841. The molecule has 0 radical (unpaired) electrons. The lowest BCUT2D eigenvalue weighted by Gasteiger charge is -2.16. The van der Waals surface area contributed by atoms with Gasteiger partial charge in [0.2, 0.25) is 5.91 Å². The maximum absolute atomic E-state index is 12.2. The Labute approximate surface area is 146 Å². The van der Waals surface area contributed by atoms with Gasteiger partial charge >= 0.3 is 5.69 Å². The monoisotopic (exact) mass is 341 g/mol. The van der Waals surface area contributed by atoms with Crippen LogP contribution in [0.5, 0.6) is 0 Å². The Balaban J connectivity index is 2.16. The minimum Gasteiger partial charge on any atom is -0.346 e. The van der Waals surface area contributed by atoms with Crippen molar-refractivity contribution in [1.29, 1.82) is 0 Å². The van der Waals surface area contributed by atoms with Gasteiger partial charge in [-0.2, -0.15) is 0 Å². The van der Waals surface area contributed by atoms with E-state index in [2.05, 4.69) is 5.32 Å². The van der Waals surface area contributed by atoms with Gasteiger partial charge in [-0.15, -0.1) is 0 Å². The Morgan fingerprint density at radius 1 is 1.20 bits per heavy atom. The smallest absolute Gasteiger partial charge is 0.330 e. The molecule has 1 heterocycles. The highest BCUT2D eigenvalue weighted by molar-refractivity contribution is 5.91. The summed E-state index contributed by atoms with van der Waals surface area (Å²) in [6, 6.07) is 7.91. The lowest BCUT2D eigenvalue weighted by molar-refractivity contribution is -0.117. The fraction of sp³-hybridized carbons (Fsp3) is 0.316. The van der Waals surface area contributed by atoms with E-state index >= 15 is 0 Å². The Hall–Kier alpha value is -2.89. The number of aromatic nitrogens is 2. The van der Waals surface area contributed by atoms with Crippen LogP contribution >= 0.6 is 0 Å². The molecule has 1 unspecified atom stereocenters. The lowest BCUT2D eigenvalue weighted by atomic mass is 10.0. The van der Waals surface area contributed by atoms with Crippen LogP contribution in [0.2, 0.25) is 0 Å². The second-order valence-electron chi connectivity index (χ2n) is 6.06. The molecule has 2 rings (SSSR count). The third-order valence-electron chi connectivity index (χ3n) is 4.09. The van der Waals surface area contributed by atoms with E-state index in [0.29, 0.717) is 0 Å². The van der Waals surface area contributed by atoms with Crippen LogP contribution in [0.4, 0.5) is 0 Å². The van der Waals surface area contributed by atoms with E-state index in [4.69, 9.17) is 0 Å². The summed E-state index contributed by atoms with van der Waals surface area (Å²) >= 11 is 0. The van der Waals surface area contributed by atoms with Crippen LogP contribution < -0.4 is 16.6 Å². The number of carbonyl (C=O) groups is 1. The highest BCUT2D eigenvalue weighted by atomic mass is 16.2. The zero-order chi connectivity index (χ0) is 18.6. The highest BCUT2D eigenvalue weighted by Crippen LogP contribution is 2.17. The summed E-state index contributed by atoms with van der Waals surface area (Å²) in [5.74, 6) is -0.289. The lowest BCUT2D eigenvalue weighted by Crippen LogP contribution is -2.37. The molecule has 6 nitrogen and oxygen atoms in total. The number of nitrogens with zero attached hydrogens (tertiary/aromatic N) is 2. The molecule has 1 aromatic heterocycles. The van der Waals surface area contributed by atoms with Crippen molar-refractivity contribution in [3.8, 4) is 0 Å². The van der Waals surface area contributed by atoms with Gasteiger partial charge in [0.1, 0.15) is 0 Å². The van der Waals surface area contributed by atoms with Crippen molar-refractivity contribution in [1.82, 2.24) is 14.5 Å². The van der Waals surface area contributed by atoms with Crippen LogP contribution in [0.25, 0.3) is 6.08 Å². The summed E-state index contributed by atoms with van der Waals surface area (Å²) < 4.78 is 2.32. The minimum atomic E-state index is -0.433. The second kappa shape index (κ2) is 7.79. The number of hydrogen-bond donors (Lipinski definition) is 1. The number of carbonyl (C=O) groups excluding carboxylic acids is 1. The average Bonchev–Trinajstić information content (AvgIpc) is 2.60. The van der Waals surface area contributed by atoms with E-state index in [1.165, 1.54) is 30.0 Å². The molecule has 0 aliphatic carbocycles. The van der Waals surface area contributed by atoms with Crippen LogP contribution in [0.15, 0.2) is 46.1 Å². The maximum Gasteiger partial charge on any atom is 0.330 e. The molecule has 25 heavy (non-hydrogen) atoms. The number of aryl methyl sites for hydroxylation is 2. The maximum atomic E-state index is 12.2. The molecule has 0 bridgehead atoms. The molecule has 1 N–H and O–H groups in total. The molecule has 132 valence electrons. The van der Waals surface area contributed by atoms with Crippen LogP contribution in [0, 0.1) is 6.92 Å². The fourth-order valence-electron chi connectivity index (χ4n) is 2.56. The summed E-state index contributed by atoms with van der Waals surface area (Å²) in [5.41, 5.74) is 1.64. The first kappa shape index (κ1) is 18.4. The highest BCUT2D eigenvalue weighted by Gasteiger charge is 2.11. The Morgan fingerprint density at radius 3 is 2.44 bits per heavy atom. The first-order valence-corrected chi connectivity index (χ1v) is 8.15. The predicted octanol–water partition coefficient (Wildman–Crippen LogP) is 1.67. The molecule has 6 heteroatoms. The van der Waals surface area contributed by atoms with Crippen molar-refractivity contribution in [2.75, 3.05) is 0 Å². The molecule has 0 aliphatic heterocycles. The zero-order valence-corrected chi connectivity index (χ0v) is 14.9. The molecule has 0 saturated heterocycles. The van der Waals surface area contributed by atoms with Gasteiger partial charge in [-0.25, -0.2) is 4.79 Å². The van der Waals surface area contributed by atoms with Gasteiger partial charge in [-0.05, 0) is 25.0 Å². The van der Waals surface area contributed by atoms with E-state index < -0.39 is 11.2 Å². The van der Waals surface area contributed by atoms with E-state index in [1.807, 2.05) is 38.1 Å². The number of amides is 1. The molecule has 1 amide bonds. The van der Waals surface area contributed by atoms with Gasteiger partial charge in [0.25, 0.3) is 5.56 Å². The van der Waals surface area contributed by atoms with Gasteiger partial charge < -0.3 is 9.88 Å². The van der Waals surface area contributed by atoms with E-state index in [1.54, 1.807) is 7.05 Å². The molecule has 0 aliphatic rings. The molecule has 1 atom stereocenters. The SMILES string of the molecule is CCC(NC(=O)/C=C/c1cn(C)c(=O)n(C)c1=O)c1ccc(C)cc1. The summed E-state index contributed by atoms with van der Waals surface area (Å²) in [6.07, 6.45) is 4.92. The van der Waals surface area contributed by atoms with Gasteiger partial charge in [-0.3, -0.25) is 14.2 Å². The summed E-state index contributed by atoms with van der Waals surface area (Å²) in [7, 11) is 2.97. The molecule has 0 saturated carbocycles. The summed E-state index contributed by atoms with van der Waals surface area (Å²) in [6.45, 7) is 4.01. The van der Waals surface area contributed by atoms with Crippen LogP contribution in [-0.2, 0) is 18.9 Å². The van der Waals surface area contributed by atoms with Crippen LogP contribution in [0.1, 0.15) is 36.1 Å². The van der Waals surface area contributed by atoms with Gasteiger partial charge in [-0.1, -0.05) is 36.8 Å². The number of rotatable bonds is 5. The van der Waals surface area contributed by atoms with Crippen molar-refractivity contribution in [2.45, 2.75) is 26.3 Å². The molecular weight excluding hydrogens is 318 g/mol. The van der Waals surface area contributed by atoms with Crippen molar-refractivity contribution in [3.05, 3.63) is 74.1 Å². The molecular formula is C19H23N3O3. The topological polar surface area (TPSA) is 73.1 Å². The minimum absolute atomic E-state index is 0.0966. The number of hydrogen-bond acceptors (Lipinski definition) is 3. The summed E-state index contributed by atoms with van der Waals surface area (Å²) in [5, 5.41) is 2.93. The Morgan fingerprint density at radius 2 is 1.84 bits per heavy atom. The second-order valence-corrected chi connectivity index (χ2v) is 6.06. The molecule has 0 spiro atoms. The van der Waals surface area contributed by atoms with Crippen molar-refractivity contribution >= 4 is 12.0 Å².